The minimum atomic E-state index is -0.344. The first kappa shape index (κ1) is 14.2. The Labute approximate surface area is 131 Å². The van der Waals surface area contributed by atoms with E-state index in [-0.39, 0.29) is 5.91 Å². The summed E-state index contributed by atoms with van der Waals surface area (Å²) >= 11 is 1.59. The second-order valence-electron chi connectivity index (χ2n) is 4.70. The molecule has 0 spiro atoms. The van der Waals surface area contributed by atoms with Crippen LogP contribution in [0.5, 0.6) is 0 Å². The van der Waals surface area contributed by atoms with Gasteiger partial charge in [0, 0.05) is 0 Å². The Bertz CT molecular complexity index is 805. The maximum Gasteiger partial charge on any atom is 0.291 e. The summed E-state index contributed by atoms with van der Waals surface area (Å²) < 4.78 is 0. The Morgan fingerprint density at radius 1 is 1.32 bits per heavy atom. The van der Waals surface area contributed by atoms with E-state index in [2.05, 4.69) is 20.7 Å². The number of amides is 1. The predicted octanol–water partition coefficient (Wildman–Crippen LogP) is 3.21. The fraction of sp³-hybridized carbons (Fsp3) is 0.0625. The molecule has 0 atom stereocenters. The molecule has 0 unspecified atom stereocenters. The van der Waals surface area contributed by atoms with Crippen molar-refractivity contribution in [3.05, 3.63) is 64.7 Å². The number of H-pyrrole nitrogens is 1. The minimum absolute atomic E-state index is 0.310. The first-order valence-corrected chi connectivity index (χ1v) is 7.60. The molecule has 6 heteroatoms. The number of hydrazone groups is 1. The van der Waals surface area contributed by atoms with Crippen molar-refractivity contribution in [2.75, 3.05) is 0 Å². The number of aromatic amines is 1. The zero-order valence-corrected chi connectivity index (χ0v) is 12.7. The van der Waals surface area contributed by atoms with Crippen LogP contribution in [0.3, 0.4) is 0 Å². The van der Waals surface area contributed by atoms with Crippen LogP contribution in [0.1, 0.15) is 21.6 Å². The van der Waals surface area contributed by atoms with Crippen LogP contribution < -0.4 is 5.43 Å². The number of rotatable bonds is 4. The fourth-order valence-corrected chi connectivity index (χ4v) is 2.64. The number of hydrogen-bond acceptors (Lipinski definition) is 4. The topological polar surface area (TPSA) is 70.1 Å². The van der Waals surface area contributed by atoms with Crippen LogP contribution >= 0.6 is 11.3 Å². The van der Waals surface area contributed by atoms with Crippen molar-refractivity contribution in [2.45, 2.75) is 6.92 Å². The van der Waals surface area contributed by atoms with Crippen LogP contribution in [0.15, 0.2) is 52.9 Å². The van der Waals surface area contributed by atoms with E-state index >= 15 is 0 Å². The number of thiophene rings is 1. The second kappa shape index (κ2) is 6.36. The van der Waals surface area contributed by atoms with Gasteiger partial charge in [-0.05, 0) is 35.6 Å². The number of aryl methyl sites for hydroxylation is 1. The third-order valence-electron chi connectivity index (χ3n) is 3.16. The lowest BCUT2D eigenvalue weighted by Gasteiger charge is -1.98. The maximum absolute atomic E-state index is 12.0. The number of benzene rings is 1. The third kappa shape index (κ3) is 3.12. The second-order valence-corrected chi connectivity index (χ2v) is 5.65. The van der Waals surface area contributed by atoms with E-state index in [4.69, 9.17) is 0 Å². The summed E-state index contributed by atoms with van der Waals surface area (Å²) in [6, 6.07) is 13.4. The number of nitrogens with one attached hydrogen (secondary N) is 2. The fourth-order valence-electron chi connectivity index (χ4n) is 1.95. The van der Waals surface area contributed by atoms with Crippen molar-refractivity contribution in [1.29, 1.82) is 0 Å². The summed E-state index contributed by atoms with van der Waals surface area (Å²) in [5, 5.41) is 12.8. The molecular weight excluding hydrogens is 296 g/mol. The highest BCUT2D eigenvalue weighted by Gasteiger charge is 2.11. The number of carbonyl (C=O) groups excluding carboxylic acids is 1. The third-order valence-corrected chi connectivity index (χ3v) is 4.06. The molecular formula is C16H14N4OS. The molecule has 0 radical (unpaired) electrons. The van der Waals surface area contributed by atoms with Crippen molar-refractivity contribution in [2.24, 2.45) is 5.10 Å². The van der Waals surface area contributed by atoms with Crippen LogP contribution in [0, 0.1) is 6.92 Å². The van der Waals surface area contributed by atoms with Gasteiger partial charge >= 0.3 is 0 Å². The Morgan fingerprint density at radius 3 is 2.95 bits per heavy atom. The molecule has 2 heterocycles. The molecule has 3 rings (SSSR count). The lowest BCUT2D eigenvalue weighted by atomic mass is 10.1. The van der Waals surface area contributed by atoms with Crippen molar-refractivity contribution < 1.29 is 4.79 Å². The van der Waals surface area contributed by atoms with E-state index in [1.54, 1.807) is 23.6 Å². The van der Waals surface area contributed by atoms with Crippen molar-refractivity contribution in [1.82, 2.24) is 15.6 Å². The quantitative estimate of drug-likeness (QED) is 0.574. The highest BCUT2D eigenvalue weighted by molar-refractivity contribution is 7.13. The van der Waals surface area contributed by atoms with Crippen molar-refractivity contribution in [3.8, 4) is 10.6 Å². The molecule has 1 amide bonds. The van der Waals surface area contributed by atoms with Gasteiger partial charge in [0.1, 0.15) is 0 Å². The first-order valence-electron chi connectivity index (χ1n) is 6.72. The summed E-state index contributed by atoms with van der Waals surface area (Å²) in [7, 11) is 0. The van der Waals surface area contributed by atoms with Crippen LogP contribution in [0.4, 0.5) is 0 Å². The summed E-state index contributed by atoms with van der Waals surface area (Å²) in [6.07, 6.45) is 1.63. The molecule has 3 aromatic rings. The van der Waals surface area contributed by atoms with Gasteiger partial charge in [0.15, 0.2) is 5.69 Å². The van der Waals surface area contributed by atoms with Crippen LogP contribution in [0.2, 0.25) is 0 Å². The van der Waals surface area contributed by atoms with Gasteiger partial charge in [-0.15, -0.1) is 11.3 Å². The zero-order chi connectivity index (χ0) is 15.4. The van der Waals surface area contributed by atoms with Gasteiger partial charge in [0.25, 0.3) is 5.91 Å². The molecule has 22 heavy (non-hydrogen) atoms. The van der Waals surface area contributed by atoms with Crippen molar-refractivity contribution >= 4 is 23.5 Å². The summed E-state index contributed by atoms with van der Waals surface area (Å²) in [5.41, 5.74) is 5.68. The average Bonchev–Trinajstić information content (AvgIpc) is 3.20. The highest BCUT2D eigenvalue weighted by atomic mass is 32.1. The van der Waals surface area contributed by atoms with E-state index in [1.165, 1.54) is 0 Å². The summed E-state index contributed by atoms with van der Waals surface area (Å²) in [6.45, 7) is 1.99. The molecule has 1 aromatic carbocycles. The Balaban J connectivity index is 1.67. The molecule has 0 fully saturated rings. The van der Waals surface area contributed by atoms with Gasteiger partial charge in [-0.2, -0.15) is 10.2 Å². The van der Waals surface area contributed by atoms with Crippen LogP contribution in [-0.4, -0.2) is 22.3 Å². The summed E-state index contributed by atoms with van der Waals surface area (Å²) in [5.74, 6) is -0.344. The summed E-state index contributed by atoms with van der Waals surface area (Å²) in [4.78, 5) is 13.0. The van der Waals surface area contributed by atoms with Gasteiger partial charge < -0.3 is 0 Å². The van der Waals surface area contributed by atoms with Crippen molar-refractivity contribution in [3.63, 3.8) is 0 Å². The molecule has 2 N–H and O–H groups in total. The lowest BCUT2D eigenvalue weighted by Crippen LogP contribution is -2.18. The van der Waals surface area contributed by atoms with E-state index in [0.29, 0.717) is 5.69 Å². The monoisotopic (exact) mass is 310 g/mol. The van der Waals surface area contributed by atoms with Gasteiger partial charge in [-0.3, -0.25) is 9.89 Å². The zero-order valence-electron chi connectivity index (χ0n) is 11.9. The highest BCUT2D eigenvalue weighted by Crippen LogP contribution is 2.22. The lowest BCUT2D eigenvalue weighted by molar-refractivity contribution is 0.0950. The number of aromatic nitrogens is 2. The van der Waals surface area contributed by atoms with Gasteiger partial charge in [-0.1, -0.05) is 30.3 Å². The molecule has 0 saturated carbocycles. The maximum atomic E-state index is 12.0. The smallest absolute Gasteiger partial charge is 0.276 e. The SMILES string of the molecule is Cc1ccccc1/C=N/NC(=O)c1cc(-c2cccs2)[nH]n1. The molecule has 0 saturated heterocycles. The average molecular weight is 310 g/mol. The Morgan fingerprint density at radius 2 is 2.18 bits per heavy atom. The number of nitrogens with zero attached hydrogens (tertiary/aromatic N) is 2. The van der Waals surface area contributed by atoms with Gasteiger partial charge in [0.05, 0.1) is 16.8 Å². The van der Waals surface area contributed by atoms with E-state index < -0.39 is 0 Å². The van der Waals surface area contributed by atoms with Gasteiger partial charge in [0.2, 0.25) is 0 Å². The Kier molecular flexibility index (Phi) is 4.11. The van der Waals surface area contributed by atoms with Gasteiger partial charge in [-0.25, -0.2) is 5.43 Å². The molecule has 0 aliphatic heterocycles. The minimum Gasteiger partial charge on any atom is -0.276 e. The number of carbonyl (C=O) groups is 1. The van der Waals surface area contributed by atoms with E-state index in [1.807, 2.05) is 48.7 Å². The normalized spacial score (nSPS) is 11.0. The van der Waals surface area contributed by atoms with E-state index in [9.17, 15) is 4.79 Å². The Hall–Kier alpha value is -2.73. The first-order chi connectivity index (χ1) is 10.7. The molecule has 0 aliphatic carbocycles. The largest absolute Gasteiger partial charge is 0.291 e. The standard InChI is InChI=1S/C16H14N4OS/c1-11-5-2-3-6-12(11)10-17-20-16(21)14-9-13(18-19-14)15-7-4-8-22-15/h2-10H,1H3,(H,18,19)(H,20,21)/b17-10+. The predicted molar refractivity (Wildman–Crippen MR) is 88.1 cm³/mol. The number of hydrogen-bond donors (Lipinski definition) is 2. The van der Waals surface area contributed by atoms with Crippen LogP contribution in [0.25, 0.3) is 10.6 Å². The molecule has 2 aromatic heterocycles. The molecule has 5 nitrogen and oxygen atoms in total. The van der Waals surface area contributed by atoms with E-state index in [0.717, 1.165) is 21.7 Å². The molecule has 0 aliphatic rings. The van der Waals surface area contributed by atoms with Crippen LogP contribution in [-0.2, 0) is 0 Å². The molecule has 0 bridgehead atoms. The molecule has 110 valence electrons.